The molecule has 0 unspecified atom stereocenters. The van der Waals surface area contributed by atoms with Gasteiger partial charge in [-0.2, -0.15) is 0 Å². The lowest BCUT2D eigenvalue weighted by Gasteiger charge is -2.32. The van der Waals surface area contributed by atoms with E-state index >= 15 is 0 Å². The maximum atomic E-state index is 6.07. The average molecular weight is 445 g/mol. The van der Waals surface area contributed by atoms with Gasteiger partial charge < -0.3 is 14.4 Å². The summed E-state index contributed by atoms with van der Waals surface area (Å²) in [6.45, 7) is 6.89. The summed E-state index contributed by atoms with van der Waals surface area (Å²) >= 11 is 6.07. The minimum Gasteiger partial charge on any atom is -0.347 e. The summed E-state index contributed by atoms with van der Waals surface area (Å²) in [5, 5.41) is 2.03. The molecule has 1 aliphatic heterocycles. The van der Waals surface area contributed by atoms with Crippen LogP contribution in [-0.2, 0) is 6.54 Å². The molecule has 0 atom stereocenters. The highest BCUT2D eigenvalue weighted by Gasteiger charge is 2.14. The zero-order chi connectivity index (χ0) is 21.9. The summed E-state index contributed by atoms with van der Waals surface area (Å²) in [5.74, 6) is 0. The van der Waals surface area contributed by atoms with Crippen molar-refractivity contribution in [3.8, 4) is 22.3 Å². The molecule has 0 aliphatic carbocycles. The summed E-state index contributed by atoms with van der Waals surface area (Å²) in [6, 6.07) is 18.9. The molecule has 164 valence electrons. The zero-order valence-electron chi connectivity index (χ0n) is 18.5. The van der Waals surface area contributed by atoms with E-state index in [4.69, 9.17) is 11.6 Å². The molecule has 3 heterocycles. The summed E-state index contributed by atoms with van der Waals surface area (Å²) in [5.41, 5.74) is 5.90. The van der Waals surface area contributed by atoms with Gasteiger partial charge in [-0.1, -0.05) is 41.9 Å². The number of pyridine rings is 1. The number of aryl methyl sites for hydroxylation is 1. The van der Waals surface area contributed by atoms with Gasteiger partial charge in [0.1, 0.15) is 0 Å². The van der Waals surface area contributed by atoms with Crippen LogP contribution in [0.25, 0.3) is 33.2 Å². The number of likely N-dealkylation sites (N-methyl/N-ethyl adjacent to an activating group) is 1. The number of halogens is 1. The van der Waals surface area contributed by atoms with E-state index in [-0.39, 0.29) is 0 Å². The topological polar surface area (TPSA) is 24.3 Å². The van der Waals surface area contributed by atoms with Crippen LogP contribution in [0.2, 0.25) is 5.02 Å². The van der Waals surface area contributed by atoms with Crippen molar-refractivity contribution in [2.24, 2.45) is 0 Å². The molecular weight excluding hydrogens is 416 g/mol. The first kappa shape index (κ1) is 21.2. The molecule has 5 heteroatoms. The van der Waals surface area contributed by atoms with Gasteiger partial charge in [0.15, 0.2) is 0 Å². The lowest BCUT2D eigenvalue weighted by molar-refractivity contribution is 0.151. The van der Waals surface area contributed by atoms with Gasteiger partial charge in [0.05, 0.1) is 0 Å². The number of nitrogens with zero attached hydrogens (tertiary/aromatic N) is 4. The highest BCUT2D eigenvalue weighted by molar-refractivity contribution is 6.30. The molecule has 0 amide bonds. The number of fused-ring (bicyclic) bond motifs is 1. The number of rotatable bonds is 6. The molecule has 0 bridgehead atoms. The van der Waals surface area contributed by atoms with Crippen LogP contribution in [-0.4, -0.2) is 59.1 Å². The van der Waals surface area contributed by atoms with Crippen LogP contribution in [0.4, 0.5) is 0 Å². The van der Waals surface area contributed by atoms with E-state index in [9.17, 15) is 0 Å². The minimum absolute atomic E-state index is 0.748. The molecule has 32 heavy (non-hydrogen) atoms. The molecule has 4 aromatic rings. The van der Waals surface area contributed by atoms with Crippen LogP contribution in [0.1, 0.15) is 6.42 Å². The number of piperazine rings is 1. The molecule has 2 aromatic heterocycles. The highest BCUT2D eigenvalue weighted by Crippen LogP contribution is 2.33. The van der Waals surface area contributed by atoms with Gasteiger partial charge in [-0.25, -0.2) is 0 Å². The Morgan fingerprint density at radius 1 is 0.844 bits per heavy atom. The first-order valence-electron chi connectivity index (χ1n) is 11.4. The second kappa shape index (κ2) is 9.45. The fourth-order valence-corrected chi connectivity index (χ4v) is 4.71. The van der Waals surface area contributed by atoms with Crippen molar-refractivity contribution in [1.29, 1.82) is 0 Å². The second-order valence-corrected chi connectivity index (χ2v) is 9.16. The van der Waals surface area contributed by atoms with E-state index in [2.05, 4.69) is 62.9 Å². The molecule has 4 nitrogen and oxygen atoms in total. The third-order valence-electron chi connectivity index (χ3n) is 6.48. The zero-order valence-corrected chi connectivity index (χ0v) is 19.3. The Morgan fingerprint density at radius 2 is 1.59 bits per heavy atom. The first-order valence-corrected chi connectivity index (χ1v) is 11.8. The quantitative estimate of drug-likeness (QED) is 0.383. The van der Waals surface area contributed by atoms with Gasteiger partial charge in [0.25, 0.3) is 0 Å². The van der Waals surface area contributed by atoms with E-state index in [1.165, 1.54) is 42.6 Å². The number of benzene rings is 2. The number of hydrogen-bond acceptors (Lipinski definition) is 3. The van der Waals surface area contributed by atoms with Crippen molar-refractivity contribution in [3.05, 3.63) is 78.2 Å². The van der Waals surface area contributed by atoms with Crippen LogP contribution in [0.15, 0.2) is 73.2 Å². The Bertz CT molecular complexity index is 1190. The molecule has 5 rings (SSSR count). The molecule has 0 radical (unpaired) electrons. The fraction of sp³-hybridized carbons (Fsp3) is 0.296. The number of aromatic nitrogens is 2. The van der Waals surface area contributed by atoms with E-state index in [0.717, 1.165) is 41.2 Å². The maximum absolute atomic E-state index is 6.07. The van der Waals surface area contributed by atoms with E-state index in [1.807, 2.05) is 36.7 Å². The third-order valence-corrected chi connectivity index (χ3v) is 6.74. The summed E-state index contributed by atoms with van der Waals surface area (Å²) in [7, 11) is 2.21. The van der Waals surface area contributed by atoms with E-state index in [0.29, 0.717) is 0 Å². The Morgan fingerprint density at radius 3 is 2.41 bits per heavy atom. The van der Waals surface area contributed by atoms with Crippen LogP contribution in [0.3, 0.4) is 0 Å². The molecule has 0 spiro atoms. The molecule has 1 aliphatic rings. The molecule has 1 saturated heterocycles. The van der Waals surface area contributed by atoms with Crippen molar-refractivity contribution >= 4 is 22.5 Å². The van der Waals surface area contributed by atoms with Gasteiger partial charge in [0, 0.05) is 83.9 Å². The predicted molar refractivity (Wildman–Crippen MR) is 134 cm³/mol. The Labute approximate surface area is 195 Å². The average Bonchev–Trinajstić information content (AvgIpc) is 3.20. The van der Waals surface area contributed by atoms with Crippen molar-refractivity contribution in [2.45, 2.75) is 13.0 Å². The SMILES string of the molecule is CN1CCN(CCCn2cc(-c3cncc(-c4ccc(Cl)cc4)c3)c3ccccc32)CC1. The lowest BCUT2D eigenvalue weighted by Crippen LogP contribution is -2.44. The van der Waals surface area contributed by atoms with Crippen molar-refractivity contribution in [1.82, 2.24) is 19.4 Å². The van der Waals surface area contributed by atoms with Crippen molar-refractivity contribution in [2.75, 3.05) is 39.8 Å². The Balaban J connectivity index is 1.39. The van der Waals surface area contributed by atoms with Crippen molar-refractivity contribution in [3.63, 3.8) is 0 Å². The number of para-hydroxylation sites is 1. The van der Waals surface area contributed by atoms with Gasteiger partial charge in [-0.05, 0) is 49.8 Å². The highest BCUT2D eigenvalue weighted by atomic mass is 35.5. The van der Waals surface area contributed by atoms with Crippen LogP contribution in [0.5, 0.6) is 0 Å². The molecule has 0 saturated carbocycles. The second-order valence-electron chi connectivity index (χ2n) is 8.72. The van der Waals surface area contributed by atoms with E-state index < -0.39 is 0 Å². The lowest BCUT2D eigenvalue weighted by atomic mass is 10.0. The normalized spacial score (nSPS) is 15.4. The summed E-state index contributed by atoms with van der Waals surface area (Å²) < 4.78 is 2.41. The fourth-order valence-electron chi connectivity index (χ4n) is 4.59. The standard InChI is InChI=1S/C27H29ClN4/c1-30-13-15-31(16-14-30)11-4-12-32-20-26(25-5-2-3-6-27(25)32)23-17-22(18-29-19-23)21-7-9-24(28)10-8-21/h2-3,5-10,17-20H,4,11-16H2,1H3. The van der Waals surface area contributed by atoms with Crippen LogP contribution in [0, 0.1) is 0 Å². The first-order chi connectivity index (χ1) is 15.7. The molecule has 0 N–H and O–H groups in total. The van der Waals surface area contributed by atoms with Gasteiger partial charge >= 0.3 is 0 Å². The molecule has 2 aromatic carbocycles. The van der Waals surface area contributed by atoms with E-state index in [1.54, 1.807) is 0 Å². The molecular formula is C27H29ClN4. The van der Waals surface area contributed by atoms with Gasteiger partial charge in [-0.3, -0.25) is 4.98 Å². The van der Waals surface area contributed by atoms with Gasteiger partial charge in [-0.15, -0.1) is 0 Å². The van der Waals surface area contributed by atoms with Crippen LogP contribution < -0.4 is 0 Å². The monoisotopic (exact) mass is 444 g/mol. The molecule has 1 fully saturated rings. The third kappa shape index (κ3) is 4.58. The Kier molecular flexibility index (Phi) is 6.26. The smallest absolute Gasteiger partial charge is 0.0486 e. The van der Waals surface area contributed by atoms with Crippen molar-refractivity contribution < 1.29 is 0 Å². The Hall–Kier alpha value is -2.66. The minimum atomic E-state index is 0.748. The van der Waals surface area contributed by atoms with Gasteiger partial charge in [0.2, 0.25) is 0 Å². The predicted octanol–water partition coefficient (Wildman–Crippen LogP) is 5.66. The largest absolute Gasteiger partial charge is 0.347 e. The summed E-state index contributed by atoms with van der Waals surface area (Å²) in [6.07, 6.45) is 7.35. The maximum Gasteiger partial charge on any atom is 0.0486 e. The van der Waals surface area contributed by atoms with Crippen LogP contribution >= 0.6 is 11.6 Å². The summed E-state index contributed by atoms with van der Waals surface area (Å²) in [4.78, 5) is 9.55. The number of hydrogen-bond donors (Lipinski definition) is 0.